The van der Waals surface area contributed by atoms with Crippen LogP contribution in [0, 0.1) is 20.8 Å². The minimum atomic E-state index is -4.21. The molecule has 0 amide bonds. The molecule has 0 saturated carbocycles. The number of rotatable bonds is 4. The predicted molar refractivity (Wildman–Crippen MR) is 107 cm³/mol. The van der Waals surface area contributed by atoms with E-state index in [1.807, 2.05) is 6.92 Å². The van der Waals surface area contributed by atoms with Gasteiger partial charge in [0.2, 0.25) is 0 Å². The average molecular weight is 426 g/mol. The molecule has 0 radical (unpaired) electrons. The van der Waals surface area contributed by atoms with E-state index < -0.39 is 43.5 Å². The van der Waals surface area contributed by atoms with E-state index in [0.717, 1.165) is 15.4 Å². The van der Waals surface area contributed by atoms with Gasteiger partial charge < -0.3 is 10.2 Å². The van der Waals surface area contributed by atoms with Crippen molar-refractivity contribution >= 4 is 25.5 Å². The number of phenolic OH excluding ortho intramolecular Hbond substituents is 1. The second-order valence-electron chi connectivity index (χ2n) is 7.23. The van der Waals surface area contributed by atoms with Crippen molar-refractivity contribution in [3.8, 4) is 5.75 Å². The molecule has 7 nitrogen and oxygen atoms in total. The number of nitrogens with zero attached hydrogens (tertiary/aromatic N) is 1. The molecule has 2 aromatic carbocycles. The highest BCUT2D eigenvalue weighted by Crippen LogP contribution is 2.34. The van der Waals surface area contributed by atoms with Gasteiger partial charge in [0.15, 0.2) is 9.84 Å². The van der Waals surface area contributed by atoms with Crippen molar-refractivity contribution in [3.63, 3.8) is 0 Å². The van der Waals surface area contributed by atoms with Gasteiger partial charge in [0.25, 0.3) is 10.0 Å². The Labute approximate surface area is 165 Å². The van der Waals surface area contributed by atoms with Gasteiger partial charge >= 0.3 is 0 Å². The first kappa shape index (κ1) is 20.6. The van der Waals surface area contributed by atoms with Crippen LogP contribution in [0.4, 0.5) is 5.69 Å². The third kappa shape index (κ3) is 3.74. The molecular formula is C19H23NO6S2. The molecule has 1 saturated heterocycles. The lowest BCUT2D eigenvalue weighted by atomic mass is 10.1. The number of anilines is 1. The smallest absolute Gasteiger partial charge is 0.264 e. The lowest BCUT2D eigenvalue weighted by Gasteiger charge is -2.32. The highest BCUT2D eigenvalue weighted by atomic mass is 32.2. The fourth-order valence-corrected chi connectivity index (χ4v) is 7.32. The summed E-state index contributed by atoms with van der Waals surface area (Å²) in [6, 6.07) is 7.68. The maximum absolute atomic E-state index is 13.6. The SMILES string of the molecule is Cc1cc(C)c(S(=O)(=O)N(c2cccc(O)c2)[C@H]2CS(=O)(=O)C[C@H]2O)cc1C. The normalized spacial score (nSPS) is 21.6. The van der Waals surface area contributed by atoms with Gasteiger partial charge in [-0.1, -0.05) is 12.1 Å². The highest BCUT2D eigenvalue weighted by molar-refractivity contribution is 7.93. The average Bonchev–Trinajstić information content (AvgIpc) is 2.83. The summed E-state index contributed by atoms with van der Waals surface area (Å²) in [5, 5.41) is 20.2. The van der Waals surface area contributed by atoms with Gasteiger partial charge in [-0.05, 0) is 55.7 Å². The molecule has 2 atom stereocenters. The Morgan fingerprint density at radius 3 is 2.21 bits per heavy atom. The Morgan fingerprint density at radius 2 is 1.64 bits per heavy atom. The maximum Gasteiger partial charge on any atom is 0.264 e. The van der Waals surface area contributed by atoms with Crippen molar-refractivity contribution in [1.82, 2.24) is 0 Å². The van der Waals surface area contributed by atoms with E-state index in [4.69, 9.17) is 0 Å². The number of phenols is 1. The molecule has 2 aromatic rings. The molecule has 1 fully saturated rings. The largest absolute Gasteiger partial charge is 0.508 e. The maximum atomic E-state index is 13.6. The molecule has 0 aliphatic carbocycles. The summed E-state index contributed by atoms with van der Waals surface area (Å²) in [5.74, 6) is -1.16. The molecule has 0 aromatic heterocycles. The Kier molecular flexibility index (Phi) is 5.20. The third-order valence-electron chi connectivity index (χ3n) is 5.01. The molecular weight excluding hydrogens is 402 g/mol. The zero-order valence-corrected chi connectivity index (χ0v) is 17.5. The Morgan fingerprint density at radius 1 is 1.00 bits per heavy atom. The van der Waals surface area contributed by atoms with Gasteiger partial charge in [-0.3, -0.25) is 4.31 Å². The standard InChI is InChI=1S/C19H23NO6S2/c1-12-7-14(3)19(8-13(12)2)28(25,26)20(15-5-4-6-16(21)9-15)17-10-27(23,24)11-18(17)22/h4-9,17-18,21-22H,10-11H2,1-3H3/t17-,18+/m0/s1. The van der Waals surface area contributed by atoms with Crippen LogP contribution >= 0.6 is 0 Å². The number of sulfone groups is 1. The second-order valence-corrected chi connectivity index (χ2v) is 11.2. The van der Waals surface area contributed by atoms with Gasteiger partial charge in [0, 0.05) is 6.07 Å². The molecule has 9 heteroatoms. The quantitative estimate of drug-likeness (QED) is 0.771. The van der Waals surface area contributed by atoms with Crippen LogP contribution in [0.5, 0.6) is 5.75 Å². The van der Waals surface area contributed by atoms with E-state index in [-0.39, 0.29) is 16.3 Å². The second kappa shape index (κ2) is 7.06. The highest BCUT2D eigenvalue weighted by Gasteiger charge is 2.45. The number of aliphatic hydroxyl groups excluding tert-OH is 1. The Hall–Kier alpha value is -2.10. The predicted octanol–water partition coefficient (Wildman–Crippen LogP) is 1.67. The van der Waals surface area contributed by atoms with Crippen LogP contribution in [0.15, 0.2) is 41.3 Å². The van der Waals surface area contributed by atoms with E-state index in [9.17, 15) is 27.0 Å². The monoisotopic (exact) mass is 425 g/mol. The summed E-state index contributed by atoms with van der Waals surface area (Å²) in [5.41, 5.74) is 2.32. The minimum Gasteiger partial charge on any atom is -0.508 e. The summed E-state index contributed by atoms with van der Waals surface area (Å²) < 4.78 is 52.3. The van der Waals surface area contributed by atoms with Crippen molar-refractivity contribution in [2.45, 2.75) is 37.8 Å². The number of aryl methyl sites for hydroxylation is 3. The third-order valence-corrected chi connectivity index (χ3v) is 8.70. The van der Waals surface area contributed by atoms with E-state index in [1.165, 1.54) is 24.3 Å². The van der Waals surface area contributed by atoms with E-state index in [1.54, 1.807) is 26.0 Å². The van der Waals surface area contributed by atoms with E-state index >= 15 is 0 Å². The molecule has 0 spiro atoms. The number of aromatic hydroxyl groups is 1. The number of benzene rings is 2. The first-order chi connectivity index (χ1) is 12.9. The number of sulfonamides is 1. The number of aliphatic hydroxyl groups is 1. The lowest BCUT2D eigenvalue weighted by Crippen LogP contribution is -2.47. The van der Waals surface area contributed by atoms with Crippen molar-refractivity contribution in [1.29, 1.82) is 0 Å². The zero-order chi connectivity index (χ0) is 20.9. The Bertz CT molecular complexity index is 1130. The van der Waals surface area contributed by atoms with Crippen LogP contribution in [-0.2, 0) is 19.9 Å². The van der Waals surface area contributed by atoms with Crippen LogP contribution in [0.1, 0.15) is 16.7 Å². The summed E-state index contributed by atoms with van der Waals surface area (Å²) in [4.78, 5) is 0.0374. The van der Waals surface area contributed by atoms with Crippen LogP contribution in [0.2, 0.25) is 0 Å². The fraction of sp³-hybridized carbons (Fsp3) is 0.368. The summed E-state index contributed by atoms with van der Waals surface area (Å²) in [7, 11) is -7.80. The molecule has 1 aliphatic heterocycles. The van der Waals surface area contributed by atoms with Crippen molar-refractivity contribution in [2.24, 2.45) is 0 Å². The van der Waals surface area contributed by atoms with E-state index in [2.05, 4.69) is 0 Å². The van der Waals surface area contributed by atoms with Crippen LogP contribution in [0.25, 0.3) is 0 Å². The van der Waals surface area contributed by atoms with Gasteiger partial charge in [0.1, 0.15) is 5.75 Å². The van der Waals surface area contributed by atoms with Crippen LogP contribution < -0.4 is 4.31 Å². The van der Waals surface area contributed by atoms with Crippen molar-refractivity contribution < 1.29 is 27.0 Å². The van der Waals surface area contributed by atoms with Crippen molar-refractivity contribution in [2.75, 3.05) is 15.8 Å². The molecule has 3 rings (SSSR count). The number of hydrogen-bond acceptors (Lipinski definition) is 6. The first-order valence-corrected chi connectivity index (χ1v) is 12.0. The summed E-state index contributed by atoms with van der Waals surface area (Å²) >= 11 is 0. The van der Waals surface area contributed by atoms with Gasteiger partial charge in [-0.15, -0.1) is 0 Å². The van der Waals surface area contributed by atoms with Gasteiger partial charge in [0.05, 0.1) is 34.2 Å². The lowest BCUT2D eigenvalue weighted by molar-refractivity contribution is 0.184. The summed E-state index contributed by atoms with van der Waals surface area (Å²) in [6.07, 6.45) is -1.37. The molecule has 0 unspecified atom stereocenters. The topological polar surface area (TPSA) is 112 Å². The van der Waals surface area contributed by atoms with Gasteiger partial charge in [-0.25, -0.2) is 16.8 Å². The fourth-order valence-electron chi connectivity index (χ4n) is 3.49. The first-order valence-electron chi connectivity index (χ1n) is 8.72. The molecule has 28 heavy (non-hydrogen) atoms. The zero-order valence-electron chi connectivity index (χ0n) is 15.8. The summed E-state index contributed by atoms with van der Waals surface area (Å²) in [6.45, 7) is 5.34. The van der Waals surface area contributed by atoms with E-state index in [0.29, 0.717) is 5.56 Å². The van der Waals surface area contributed by atoms with Gasteiger partial charge in [-0.2, -0.15) is 0 Å². The molecule has 152 valence electrons. The molecule has 2 N–H and O–H groups in total. The minimum absolute atomic E-state index is 0.0374. The Balaban J connectivity index is 2.23. The molecule has 1 aliphatic rings. The molecule has 0 bridgehead atoms. The van der Waals surface area contributed by atoms with Crippen molar-refractivity contribution in [3.05, 3.63) is 53.1 Å². The van der Waals surface area contributed by atoms with Crippen LogP contribution in [0.3, 0.4) is 0 Å². The molecule has 1 heterocycles. The number of hydrogen-bond donors (Lipinski definition) is 2. The van der Waals surface area contributed by atoms with Crippen LogP contribution in [-0.4, -0.2) is 50.7 Å².